The quantitative estimate of drug-likeness (QED) is 0.327. The number of rotatable bonds is 11. The number of nitrogens with zero attached hydrogens (tertiary/aromatic N) is 2. The first-order valence-corrected chi connectivity index (χ1v) is 13.8. The first kappa shape index (κ1) is 28.7. The molecule has 0 aliphatic carbocycles. The number of halogens is 2. The lowest BCUT2D eigenvalue weighted by Crippen LogP contribution is -2.50. The molecule has 206 valence electrons. The van der Waals surface area contributed by atoms with Crippen molar-refractivity contribution in [2.75, 3.05) is 38.2 Å². The first-order chi connectivity index (χ1) is 18.7. The number of hydrogen-bond donors (Lipinski definition) is 2. The highest BCUT2D eigenvalue weighted by Gasteiger charge is 2.27. The van der Waals surface area contributed by atoms with E-state index in [0.29, 0.717) is 22.3 Å². The number of nitrogens with two attached hydrogens (primary N) is 1. The van der Waals surface area contributed by atoms with Crippen LogP contribution in [0.15, 0.2) is 66.7 Å². The molecule has 2 amide bonds. The molecular weight excluding hydrogens is 535 g/mol. The summed E-state index contributed by atoms with van der Waals surface area (Å²) in [7, 11) is 1.65. The summed E-state index contributed by atoms with van der Waals surface area (Å²) in [6, 6.07) is 20.2. The van der Waals surface area contributed by atoms with Crippen molar-refractivity contribution in [1.82, 2.24) is 10.2 Å². The van der Waals surface area contributed by atoms with E-state index < -0.39 is 11.9 Å². The van der Waals surface area contributed by atoms with Gasteiger partial charge in [0.05, 0.1) is 29.7 Å². The minimum atomic E-state index is -0.688. The molecule has 0 saturated carbocycles. The van der Waals surface area contributed by atoms with Gasteiger partial charge in [0.25, 0.3) is 0 Å². The number of nitrogens with one attached hydrogen (secondary N) is 1. The molecule has 3 N–H and O–H groups in total. The third kappa shape index (κ3) is 7.44. The average molecular weight is 570 g/mol. The second kappa shape index (κ2) is 13.2. The van der Waals surface area contributed by atoms with Gasteiger partial charge in [0, 0.05) is 12.2 Å². The standard InChI is InChI=1S/C30H34Cl2N4O3/c1-20(36(19-29(33)37)24-12-13-26(31)27(32)17-24)30(38)34-28(18-35-14-3-4-15-35)22-10-8-21(9-11-22)23-6-5-7-25(16-23)39-2/h5-13,16-17,20,28H,3-4,14-15,18-19H2,1-2H3,(H2,33,37)(H,34,38). The second-order valence-electron chi connectivity index (χ2n) is 9.79. The molecular formula is C30H34Cl2N4O3. The van der Waals surface area contributed by atoms with Crippen molar-refractivity contribution in [3.63, 3.8) is 0 Å². The third-order valence-electron chi connectivity index (χ3n) is 7.08. The summed E-state index contributed by atoms with van der Waals surface area (Å²) in [6.45, 7) is 4.31. The van der Waals surface area contributed by atoms with Crippen molar-refractivity contribution >= 4 is 40.7 Å². The smallest absolute Gasteiger partial charge is 0.242 e. The maximum Gasteiger partial charge on any atom is 0.242 e. The van der Waals surface area contributed by atoms with Gasteiger partial charge in [0.15, 0.2) is 0 Å². The summed E-state index contributed by atoms with van der Waals surface area (Å²) in [5.74, 6) is 0.0260. The molecule has 9 heteroatoms. The van der Waals surface area contributed by atoms with E-state index in [4.69, 9.17) is 33.7 Å². The largest absolute Gasteiger partial charge is 0.497 e. The van der Waals surface area contributed by atoms with E-state index in [-0.39, 0.29) is 18.5 Å². The van der Waals surface area contributed by atoms with Crippen molar-refractivity contribution in [2.24, 2.45) is 5.73 Å². The Morgan fingerprint density at radius 1 is 1.00 bits per heavy atom. The zero-order valence-corrected chi connectivity index (χ0v) is 23.7. The Balaban J connectivity index is 1.57. The number of methoxy groups -OCH3 is 1. The molecule has 2 atom stereocenters. The Kier molecular flexibility index (Phi) is 9.73. The Labute approximate surface area is 239 Å². The van der Waals surface area contributed by atoms with Gasteiger partial charge in [-0.15, -0.1) is 0 Å². The minimum Gasteiger partial charge on any atom is -0.497 e. The molecule has 1 fully saturated rings. The minimum absolute atomic E-state index is 0.140. The number of benzene rings is 3. The van der Waals surface area contributed by atoms with E-state index in [0.717, 1.165) is 48.4 Å². The molecule has 39 heavy (non-hydrogen) atoms. The van der Waals surface area contributed by atoms with Gasteiger partial charge in [-0.05, 0) is 79.9 Å². The zero-order chi connectivity index (χ0) is 27.9. The number of amides is 2. The normalized spacial score (nSPS) is 15.0. The number of hydrogen-bond acceptors (Lipinski definition) is 5. The van der Waals surface area contributed by atoms with Crippen LogP contribution in [0.5, 0.6) is 5.75 Å². The van der Waals surface area contributed by atoms with Crippen LogP contribution in [0, 0.1) is 0 Å². The van der Waals surface area contributed by atoms with Crippen LogP contribution in [0.4, 0.5) is 5.69 Å². The molecule has 2 unspecified atom stereocenters. The lowest BCUT2D eigenvalue weighted by atomic mass is 10.00. The second-order valence-corrected chi connectivity index (χ2v) is 10.6. The maximum atomic E-state index is 13.6. The molecule has 3 aromatic rings. The van der Waals surface area contributed by atoms with Gasteiger partial charge in [-0.2, -0.15) is 0 Å². The SMILES string of the molecule is COc1cccc(-c2ccc(C(CN3CCCC3)NC(=O)C(C)N(CC(N)=O)c3ccc(Cl)c(Cl)c3)cc2)c1. The Morgan fingerprint density at radius 3 is 2.36 bits per heavy atom. The van der Waals surface area contributed by atoms with E-state index in [2.05, 4.69) is 34.5 Å². The van der Waals surface area contributed by atoms with Crippen LogP contribution in [-0.4, -0.2) is 56.0 Å². The summed E-state index contributed by atoms with van der Waals surface area (Å²) in [6.07, 6.45) is 2.30. The van der Waals surface area contributed by atoms with Crippen molar-refractivity contribution in [2.45, 2.75) is 31.8 Å². The highest BCUT2D eigenvalue weighted by atomic mass is 35.5. The molecule has 0 aromatic heterocycles. The van der Waals surface area contributed by atoms with Gasteiger partial charge in [0.1, 0.15) is 11.8 Å². The number of likely N-dealkylation sites (tertiary alicyclic amines) is 1. The molecule has 0 spiro atoms. The molecule has 3 aromatic carbocycles. The van der Waals surface area contributed by atoms with Crippen LogP contribution < -0.4 is 20.7 Å². The fourth-order valence-corrected chi connectivity index (χ4v) is 5.18. The molecule has 4 rings (SSSR count). The van der Waals surface area contributed by atoms with Gasteiger partial charge in [-0.1, -0.05) is 59.6 Å². The zero-order valence-electron chi connectivity index (χ0n) is 22.2. The molecule has 0 bridgehead atoms. The summed E-state index contributed by atoms with van der Waals surface area (Å²) in [5.41, 5.74) is 9.24. The van der Waals surface area contributed by atoms with Gasteiger partial charge in [-0.25, -0.2) is 0 Å². The molecule has 1 aliphatic rings. The lowest BCUT2D eigenvalue weighted by molar-refractivity contribution is -0.123. The number of primary amides is 1. The van der Waals surface area contributed by atoms with Gasteiger partial charge < -0.3 is 25.6 Å². The van der Waals surface area contributed by atoms with E-state index in [1.54, 1.807) is 37.1 Å². The monoisotopic (exact) mass is 568 g/mol. The third-order valence-corrected chi connectivity index (χ3v) is 7.82. The maximum absolute atomic E-state index is 13.6. The average Bonchev–Trinajstić information content (AvgIpc) is 3.46. The molecule has 0 radical (unpaired) electrons. The first-order valence-electron chi connectivity index (χ1n) is 13.0. The highest BCUT2D eigenvalue weighted by Crippen LogP contribution is 2.29. The van der Waals surface area contributed by atoms with Crippen molar-refractivity contribution in [3.05, 3.63) is 82.3 Å². The Hall–Kier alpha value is -3.26. The van der Waals surface area contributed by atoms with Crippen molar-refractivity contribution in [3.8, 4) is 16.9 Å². The predicted molar refractivity (Wildman–Crippen MR) is 157 cm³/mol. The molecule has 1 heterocycles. The van der Waals surface area contributed by atoms with Gasteiger partial charge >= 0.3 is 0 Å². The molecule has 7 nitrogen and oxygen atoms in total. The van der Waals surface area contributed by atoms with Crippen LogP contribution in [0.2, 0.25) is 10.0 Å². The lowest BCUT2D eigenvalue weighted by Gasteiger charge is -2.32. The van der Waals surface area contributed by atoms with E-state index in [1.165, 1.54) is 0 Å². The van der Waals surface area contributed by atoms with Crippen molar-refractivity contribution < 1.29 is 14.3 Å². The number of carbonyl (C=O) groups excluding carboxylic acids is 2. The predicted octanol–water partition coefficient (Wildman–Crippen LogP) is 5.30. The van der Waals surface area contributed by atoms with Crippen LogP contribution in [0.1, 0.15) is 31.4 Å². The summed E-state index contributed by atoms with van der Waals surface area (Å²) in [5, 5.41) is 3.95. The molecule has 1 saturated heterocycles. The van der Waals surface area contributed by atoms with Crippen LogP contribution in [0.25, 0.3) is 11.1 Å². The van der Waals surface area contributed by atoms with E-state index in [9.17, 15) is 9.59 Å². The van der Waals surface area contributed by atoms with Gasteiger partial charge in [0.2, 0.25) is 11.8 Å². The van der Waals surface area contributed by atoms with Crippen LogP contribution in [0.3, 0.4) is 0 Å². The summed E-state index contributed by atoms with van der Waals surface area (Å²) >= 11 is 12.3. The number of carbonyl (C=O) groups is 2. The fourth-order valence-electron chi connectivity index (χ4n) is 4.89. The highest BCUT2D eigenvalue weighted by molar-refractivity contribution is 6.42. The Bertz CT molecular complexity index is 1300. The van der Waals surface area contributed by atoms with E-state index >= 15 is 0 Å². The van der Waals surface area contributed by atoms with E-state index in [1.807, 2.05) is 24.3 Å². The summed E-state index contributed by atoms with van der Waals surface area (Å²) in [4.78, 5) is 29.5. The molecule has 1 aliphatic heterocycles. The van der Waals surface area contributed by atoms with Gasteiger partial charge in [-0.3, -0.25) is 9.59 Å². The summed E-state index contributed by atoms with van der Waals surface area (Å²) < 4.78 is 5.37. The Morgan fingerprint density at radius 2 is 1.72 bits per heavy atom. The number of ether oxygens (including phenoxy) is 1. The van der Waals surface area contributed by atoms with Crippen LogP contribution >= 0.6 is 23.2 Å². The topological polar surface area (TPSA) is 87.9 Å². The number of anilines is 1. The fraction of sp³-hybridized carbons (Fsp3) is 0.333. The van der Waals surface area contributed by atoms with Crippen LogP contribution in [-0.2, 0) is 9.59 Å². The van der Waals surface area contributed by atoms with Crippen molar-refractivity contribution in [1.29, 1.82) is 0 Å².